The van der Waals surface area contributed by atoms with E-state index in [1.54, 1.807) is 36.6 Å². The van der Waals surface area contributed by atoms with Crippen LogP contribution in [0, 0.1) is 0 Å². The van der Waals surface area contributed by atoms with Crippen LogP contribution >= 0.6 is 11.3 Å². The van der Waals surface area contributed by atoms with E-state index in [4.69, 9.17) is 4.74 Å². The van der Waals surface area contributed by atoms with Crippen LogP contribution in [0.25, 0.3) is 0 Å². The van der Waals surface area contributed by atoms with Crippen LogP contribution in [0.4, 0.5) is 5.82 Å². The van der Waals surface area contributed by atoms with Crippen molar-refractivity contribution in [1.82, 2.24) is 4.98 Å². The van der Waals surface area contributed by atoms with Crippen LogP contribution in [-0.2, 0) is 4.74 Å². The molecule has 5 heteroatoms. The minimum atomic E-state index is -0.341. The molecule has 106 valence electrons. The summed E-state index contributed by atoms with van der Waals surface area (Å²) in [7, 11) is 0. The molecule has 0 amide bonds. The molecule has 20 heavy (non-hydrogen) atoms. The molecule has 0 aliphatic carbocycles. The number of anilines is 1. The molecule has 0 saturated carbocycles. The lowest BCUT2D eigenvalue weighted by molar-refractivity contribution is 0.0527. The molecule has 2 aromatic rings. The van der Waals surface area contributed by atoms with Crippen molar-refractivity contribution in [2.45, 2.75) is 19.8 Å². The summed E-state index contributed by atoms with van der Waals surface area (Å²) in [5, 5.41) is 5.30. The van der Waals surface area contributed by atoms with Crippen molar-refractivity contribution in [3.8, 4) is 0 Å². The number of ether oxygens (including phenoxy) is 1. The van der Waals surface area contributed by atoms with Gasteiger partial charge >= 0.3 is 5.97 Å². The monoisotopic (exact) mass is 290 g/mol. The Morgan fingerprint density at radius 2 is 2.30 bits per heavy atom. The van der Waals surface area contributed by atoms with Gasteiger partial charge in [0, 0.05) is 23.5 Å². The zero-order valence-electron chi connectivity index (χ0n) is 11.6. The third-order valence-electron chi connectivity index (χ3n) is 2.91. The SMILES string of the molecule is CCOC(=O)c1cccnc1NCC(C)c1cccs1. The van der Waals surface area contributed by atoms with E-state index in [0.717, 1.165) is 6.54 Å². The topological polar surface area (TPSA) is 51.2 Å². The number of hydrogen-bond acceptors (Lipinski definition) is 5. The third kappa shape index (κ3) is 3.57. The van der Waals surface area contributed by atoms with E-state index >= 15 is 0 Å². The van der Waals surface area contributed by atoms with Gasteiger partial charge in [0.15, 0.2) is 0 Å². The molecular formula is C15H18N2O2S. The second-order valence-electron chi connectivity index (χ2n) is 4.42. The molecule has 0 aliphatic heterocycles. The molecule has 1 unspecified atom stereocenters. The van der Waals surface area contributed by atoms with Crippen molar-refractivity contribution in [2.24, 2.45) is 0 Å². The summed E-state index contributed by atoms with van der Waals surface area (Å²) in [4.78, 5) is 17.4. The molecule has 2 rings (SSSR count). The average molecular weight is 290 g/mol. The van der Waals surface area contributed by atoms with Gasteiger partial charge in [0.2, 0.25) is 0 Å². The first-order valence-corrected chi connectivity index (χ1v) is 7.49. The summed E-state index contributed by atoms with van der Waals surface area (Å²) in [6.45, 7) is 5.02. The molecule has 0 saturated heterocycles. The number of esters is 1. The first-order valence-electron chi connectivity index (χ1n) is 6.61. The fourth-order valence-corrected chi connectivity index (χ4v) is 2.63. The van der Waals surface area contributed by atoms with Crippen LogP contribution in [0.2, 0.25) is 0 Å². The normalized spacial score (nSPS) is 11.9. The second kappa shape index (κ2) is 7.05. The van der Waals surface area contributed by atoms with Crippen molar-refractivity contribution in [2.75, 3.05) is 18.5 Å². The van der Waals surface area contributed by atoms with Crippen LogP contribution in [0.3, 0.4) is 0 Å². The van der Waals surface area contributed by atoms with E-state index in [1.807, 2.05) is 6.07 Å². The first-order chi connectivity index (χ1) is 9.72. The highest BCUT2D eigenvalue weighted by Crippen LogP contribution is 2.21. The Hall–Kier alpha value is -1.88. The van der Waals surface area contributed by atoms with Crippen LogP contribution in [0.5, 0.6) is 0 Å². The van der Waals surface area contributed by atoms with Gasteiger partial charge in [-0.3, -0.25) is 0 Å². The van der Waals surface area contributed by atoms with Gasteiger partial charge in [0.1, 0.15) is 11.4 Å². The van der Waals surface area contributed by atoms with Gasteiger partial charge in [-0.05, 0) is 30.5 Å². The predicted molar refractivity (Wildman–Crippen MR) is 81.4 cm³/mol. The van der Waals surface area contributed by atoms with Gasteiger partial charge in [-0.15, -0.1) is 11.3 Å². The molecule has 1 atom stereocenters. The number of nitrogens with one attached hydrogen (secondary N) is 1. The number of hydrogen-bond donors (Lipinski definition) is 1. The number of carbonyl (C=O) groups excluding carboxylic acids is 1. The van der Waals surface area contributed by atoms with Crippen molar-refractivity contribution < 1.29 is 9.53 Å². The molecule has 4 nitrogen and oxygen atoms in total. The van der Waals surface area contributed by atoms with Crippen LogP contribution in [0.15, 0.2) is 35.8 Å². The molecule has 0 spiro atoms. The quantitative estimate of drug-likeness (QED) is 0.827. The summed E-state index contributed by atoms with van der Waals surface area (Å²) in [6, 6.07) is 7.62. The highest BCUT2D eigenvalue weighted by atomic mass is 32.1. The number of aromatic nitrogens is 1. The summed E-state index contributed by atoms with van der Waals surface area (Å²) >= 11 is 1.73. The van der Waals surface area contributed by atoms with Crippen LogP contribution in [0.1, 0.15) is 35.0 Å². The molecule has 2 aromatic heterocycles. The number of rotatable bonds is 6. The standard InChI is InChI=1S/C15H18N2O2S/c1-3-19-15(18)12-6-4-8-16-14(12)17-10-11(2)13-7-5-9-20-13/h4-9,11H,3,10H2,1-2H3,(H,16,17). The maximum absolute atomic E-state index is 11.8. The lowest BCUT2D eigenvalue weighted by atomic mass is 10.1. The lowest BCUT2D eigenvalue weighted by Gasteiger charge is -2.13. The smallest absolute Gasteiger partial charge is 0.341 e. The predicted octanol–water partition coefficient (Wildman–Crippen LogP) is 3.54. The molecule has 0 aromatic carbocycles. The summed E-state index contributed by atoms with van der Waals surface area (Å²) in [6.07, 6.45) is 1.67. The highest BCUT2D eigenvalue weighted by Gasteiger charge is 2.14. The number of carbonyl (C=O) groups is 1. The fraction of sp³-hybridized carbons (Fsp3) is 0.333. The number of pyridine rings is 1. The number of thiophene rings is 1. The average Bonchev–Trinajstić information content (AvgIpc) is 2.99. The van der Waals surface area contributed by atoms with Gasteiger partial charge in [0.25, 0.3) is 0 Å². The maximum atomic E-state index is 11.8. The molecule has 0 radical (unpaired) electrons. The van der Waals surface area contributed by atoms with E-state index in [9.17, 15) is 4.79 Å². The summed E-state index contributed by atoms with van der Waals surface area (Å²) < 4.78 is 5.03. The maximum Gasteiger partial charge on any atom is 0.341 e. The molecule has 0 bridgehead atoms. The Balaban J connectivity index is 2.04. The summed E-state index contributed by atoms with van der Waals surface area (Å²) in [5.74, 6) is 0.605. The van der Waals surface area contributed by atoms with Crippen molar-refractivity contribution >= 4 is 23.1 Å². The van der Waals surface area contributed by atoms with Gasteiger partial charge in [0.05, 0.1) is 6.61 Å². The molecule has 1 N–H and O–H groups in total. The Morgan fingerprint density at radius 1 is 1.45 bits per heavy atom. The van der Waals surface area contributed by atoms with Gasteiger partial charge in [-0.1, -0.05) is 13.0 Å². The summed E-state index contributed by atoms with van der Waals surface area (Å²) in [5.41, 5.74) is 0.479. The van der Waals surface area contributed by atoms with E-state index in [0.29, 0.717) is 23.9 Å². The Morgan fingerprint density at radius 3 is 3.00 bits per heavy atom. The fourth-order valence-electron chi connectivity index (χ4n) is 1.84. The Bertz CT molecular complexity index is 555. The zero-order valence-corrected chi connectivity index (χ0v) is 12.4. The highest BCUT2D eigenvalue weighted by molar-refractivity contribution is 7.10. The Labute approximate surface area is 122 Å². The zero-order chi connectivity index (χ0) is 14.4. The molecule has 0 aliphatic rings. The van der Waals surface area contributed by atoms with Gasteiger partial charge in [-0.2, -0.15) is 0 Å². The molecular weight excluding hydrogens is 272 g/mol. The minimum absolute atomic E-state index is 0.341. The van der Waals surface area contributed by atoms with Crippen LogP contribution < -0.4 is 5.32 Å². The van der Waals surface area contributed by atoms with E-state index in [1.165, 1.54) is 4.88 Å². The minimum Gasteiger partial charge on any atom is -0.462 e. The van der Waals surface area contributed by atoms with Crippen molar-refractivity contribution in [1.29, 1.82) is 0 Å². The molecule has 2 heterocycles. The van der Waals surface area contributed by atoms with Crippen LogP contribution in [-0.4, -0.2) is 24.1 Å². The van der Waals surface area contributed by atoms with Gasteiger partial charge in [-0.25, -0.2) is 9.78 Å². The van der Waals surface area contributed by atoms with E-state index in [2.05, 4.69) is 28.7 Å². The van der Waals surface area contributed by atoms with E-state index < -0.39 is 0 Å². The number of nitrogens with zero attached hydrogens (tertiary/aromatic N) is 1. The third-order valence-corrected chi connectivity index (χ3v) is 4.01. The van der Waals surface area contributed by atoms with Crippen molar-refractivity contribution in [3.05, 3.63) is 46.3 Å². The lowest BCUT2D eigenvalue weighted by Crippen LogP contribution is -2.14. The van der Waals surface area contributed by atoms with E-state index in [-0.39, 0.29) is 5.97 Å². The largest absolute Gasteiger partial charge is 0.462 e. The van der Waals surface area contributed by atoms with Crippen molar-refractivity contribution in [3.63, 3.8) is 0 Å². The second-order valence-corrected chi connectivity index (χ2v) is 5.40. The van der Waals surface area contributed by atoms with Gasteiger partial charge < -0.3 is 10.1 Å². The Kier molecular flexibility index (Phi) is 5.12. The molecule has 0 fully saturated rings. The first kappa shape index (κ1) is 14.5.